The van der Waals surface area contributed by atoms with Gasteiger partial charge in [-0.3, -0.25) is 4.79 Å². The number of hydrogen-bond donors (Lipinski definition) is 0. The van der Waals surface area contributed by atoms with Gasteiger partial charge in [0.1, 0.15) is 5.75 Å². The molecule has 0 bridgehead atoms. The number of likely N-dealkylation sites (N-methyl/N-ethyl adjacent to an activating group) is 1. The molecule has 5 nitrogen and oxygen atoms in total. The molecule has 0 saturated carbocycles. The molecule has 0 radical (unpaired) electrons. The lowest BCUT2D eigenvalue weighted by Crippen LogP contribution is -2.36. The molecule has 0 aliphatic rings. The van der Waals surface area contributed by atoms with Crippen molar-refractivity contribution in [2.75, 3.05) is 20.2 Å². The lowest BCUT2D eigenvalue weighted by Gasteiger charge is -2.25. The second-order valence-corrected chi connectivity index (χ2v) is 5.85. The van der Waals surface area contributed by atoms with Crippen molar-refractivity contribution in [2.45, 2.75) is 20.0 Å². The molecule has 0 N–H and O–H groups in total. The summed E-state index contributed by atoms with van der Waals surface area (Å²) in [5, 5.41) is 0. The van der Waals surface area contributed by atoms with Crippen molar-refractivity contribution in [3.8, 4) is 5.75 Å². The van der Waals surface area contributed by atoms with Crippen LogP contribution in [0.15, 0.2) is 60.7 Å². The minimum atomic E-state index is -0.964. The molecule has 2 rings (SSSR count). The Morgan fingerprint density at radius 3 is 2.37 bits per heavy atom. The Kier molecular flexibility index (Phi) is 7.62. The third-order valence-corrected chi connectivity index (χ3v) is 4.14. The zero-order valence-electron chi connectivity index (χ0n) is 15.9. The van der Waals surface area contributed by atoms with Crippen molar-refractivity contribution in [1.29, 1.82) is 0 Å². The molecule has 0 saturated heterocycles. The zero-order valence-corrected chi connectivity index (χ0v) is 15.9. The van der Waals surface area contributed by atoms with Crippen LogP contribution in [0.3, 0.4) is 0 Å². The molecule has 0 spiro atoms. The highest BCUT2D eigenvalue weighted by Crippen LogP contribution is 2.21. The molecule has 2 aromatic rings. The topological polar surface area (TPSA) is 55.8 Å². The van der Waals surface area contributed by atoms with Crippen LogP contribution < -0.4 is 4.74 Å². The Labute approximate surface area is 160 Å². The maximum Gasteiger partial charge on any atom is 0.331 e. The van der Waals surface area contributed by atoms with Crippen molar-refractivity contribution >= 4 is 18.0 Å². The highest BCUT2D eigenvalue weighted by Gasteiger charge is 2.27. The second kappa shape index (κ2) is 10.2. The molecule has 0 aliphatic carbocycles. The van der Waals surface area contributed by atoms with Crippen molar-refractivity contribution in [2.24, 2.45) is 0 Å². The Bertz CT molecular complexity index is 782. The van der Waals surface area contributed by atoms with Crippen molar-refractivity contribution in [3.63, 3.8) is 0 Å². The highest BCUT2D eigenvalue weighted by atomic mass is 16.5. The molecule has 0 unspecified atom stereocenters. The predicted octanol–water partition coefficient (Wildman–Crippen LogP) is 3.86. The average Bonchev–Trinajstić information content (AvgIpc) is 2.72. The van der Waals surface area contributed by atoms with E-state index < -0.39 is 12.1 Å². The van der Waals surface area contributed by atoms with Crippen LogP contribution in [-0.4, -0.2) is 37.0 Å². The summed E-state index contributed by atoms with van der Waals surface area (Å²) in [5.74, 6) is -0.106. The van der Waals surface area contributed by atoms with Gasteiger partial charge in [-0.05, 0) is 37.6 Å². The van der Waals surface area contributed by atoms with E-state index in [1.165, 1.54) is 6.08 Å². The van der Waals surface area contributed by atoms with Gasteiger partial charge in [0.15, 0.2) is 0 Å². The molecule has 0 aliphatic heterocycles. The van der Waals surface area contributed by atoms with Crippen LogP contribution >= 0.6 is 0 Å². The van der Waals surface area contributed by atoms with Gasteiger partial charge in [0.25, 0.3) is 5.91 Å². The quantitative estimate of drug-likeness (QED) is 0.525. The number of rotatable bonds is 8. The summed E-state index contributed by atoms with van der Waals surface area (Å²) in [6.45, 7) is 4.90. The number of methoxy groups -OCH3 is 1. The van der Waals surface area contributed by atoms with E-state index in [2.05, 4.69) is 0 Å². The number of ether oxygens (including phenoxy) is 2. The van der Waals surface area contributed by atoms with Gasteiger partial charge in [-0.15, -0.1) is 0 Å². The smallest absolute Gasteiger partial charge is 0.331 e. The molecule has 1 amide bonds. The van der Waals surface area contributed by atoms with Crippen LogP contribution in [-0.2, 0) is 14.3 Å². The first-order valence-electron chi connectivity index (χ1n) is 8.95. The average molecular weight is 367 g/mol. The van der Waals surface area contributed by atoms with E-state index >= 15 is 0 Å². The van der Waals surface area contributed by atoms with Crippen molar-refractivity contribution in [1.82, 2.24) is 4.90 Å². The van der Waals surface area contributed by atoms with E-state index in [-0.39, 0.29) is 5.91 Å². The first-order chi connectivity index (χ1) is 13.1. The number of carbonyl (C=O) groups excluding carboxylic acids is 2. The fourth-order valence-corrected chi connectivity index (χ4v) is 2.65. The van der Waals surface area contributed by atoms with Crippen molar-refractivity contribution < 1.29 is 19.1 Å². The third-order valence-electron chi connectivity index (χ3n) is 4.14. The first kappa shape index (κ1) is 20.2. The molecular weight excluding hydrogens is 342 g/mol. The molecule has 1 atom stereocenters. The van der Waals surface area contributed by atoms with Crippen LogP contribution in [0.1, 0.15) is 31.1 Å². The van der Waals surface area contributed by atoms with E-state index in [1.54, 1.807) is 36.3 Å². The second-order valence-electron chi connectivity index (χ2n) is 5.85. The summed E-state index contributed by atoms with van der Waals surface area (Å²) < 4.78 is 10.7. The molecular formula is C22H25NO4. The molecule has 2 aromatic carbocycles. The Balaban J connectivity index is 2.17. The molecule has 0 heterocycles. The molecule has 0 aromatic heterocycles. The summed E-state index contributed by atoms with van der Waals surface area (Å²) >= 11 is 0. The van der Waals surface area contributed by atoms with E-state index in [1.807, 2.05) is 50.2 Å². The van der Waals surface area contributed by atoms with Crippen LogP contribution in [0, 0.1) is 0 Å². The van der Waals surface area contributed by atoms with Gasteiger partial charge >= 0.3 is 5.97 Å². The molecule has 27 heavy (non-hydrogen) atoms. The van der Waals surface area contributed by atoms with E-state index in [4.69, 9.17) is 9.47 Å². The van der Waals surface area contributed by atoms with Gasteiger partial charge in [-0.2, -0.15) is 0 Å². The van der Waals surface area contributed by atoms with Crippen LogP contribution in [0.25, 0.3) is 6.08 Å². The first-order valence-corrected chi connectivity index (χ1v) is 8.95. The third kappa shape index (κ3) is 5.71. The standard InChI is InChI=1S/C22H25NO4/c1-4-23(5-2)22(25)21(18-11-7-6-8-12-18)27-20(24)15-14-17-10-9-13-19(16-17)26-3/h6-16,21H,4-5H2,1-3H3/b15-14+/t21-/m1/s1. The van der Waals surface area contributed by atoms with E-state index in [9.17, 15) is 9.59 Å². The minimum Gasteiger partial charge on any atom is -0.497 e. The highest BCUT2D eigenvalue weighted by molar-refractivity contribution is 5.91. The molecule has 5 heteroatoms. The fraction of sp³-hybridized carbons (Fsp3) is 0.273. The number of esters is 1. The van der Waals surface area contributed by atoms with Gasteiger partial charge in [0.05, 0.1) is 7.11 Å². The zero-order chi connectivity index (χ0) is 19.6. The minimum absolute atomic E-state index is 0.227. The van der Waals surface area contributed by atoms with Gasteiger partial charge in [0.2, 0.25) is 6.10 Å². The SMILES string of the molecule is CCN(CC)C(=O)[C@H](OC(=O)/C=C/c1cccc(OC)c1)c1ccccc1. The number of nitrogens with zero attached hydrogens (tertiary/aromatic N) is 1. The van der Waals surface area contributed by atoms with E-state index in [0.717, 1.165) is 5.56 Å². The normalized spacial score (nSPS) is 11.8. The van der Waals surface area contributed by atoms with Crippen molar-refractivity contribution in [3.05, 3.63) is 71.8 Å². The number of carbonyl (C=O) groups is 2. The van der Waals surface area contributed by atoms with Gasteiger partial charge < -0.3 is 14.4 Å². The Hall–Kier alpha value is -3.08. The lowest BCUT2D eigenvalue weighted by molar-refractivity contribution is -0.157. The maximum absolute atomic E-state index is 12.8. The maximum atomic E-state index is 12.8. The van der Waals surface area contributed by atoms with E-state index in [0.29, 0.717) is 24.4 Å². The van der Waals surface area contributed by atoms with Gasteiger partial charge in [0, 0.05) is 24.7 Å². The Morgan fingerprint density at radius 1 is 1.04 bits per heavy atom. The Morgan fingerprint density at radius 2 is 1.74 bits per heavy atom. The molecule has 0 fully saturated rings. The van der Waals surface area contributed by atoms with Gasteiger partial charge in [-0.1, -0.05) is 42.5 Å². The number of benzene rings is 2. The van der Waals surface area contributed by atoms with Crippen LogP contribution in [0.4, 0.5) is 0 Å². The predicted molar refractivity (Wildman–Crippen MR) is 105 cm³/mol. The monoisotopic (exact) mass is 367 g/mol. The number of hydrogen-bond acceptors (Lipinski definition) is 4. The molecule has 142 valence electrons. The fourth-order valence-electron chi connectivity index (χ4n) is 2.65. The summed E-state index contributed by atoms with van der Waals surface area (Å²) in [6.07, 6.45) is 1.99. The largest absolute Gasteiger partial charge is 0.497 e. The number of amides is 1. The van der Waals surface area contributed by atoms with Crippen LogP contribution in [0.2, 0.25) is 0 Å². The summed E-state index contributed by atoms with van der Waals surface area (Å²) in [5.41, 5.74) is 1.45. The van der Waals surface area contributed by atoms with Gasteiger partial charge in [-0.25, -0.2) is 4.79 Å². The lowest BCUT2D eigenvalue weighted by atomic mass is 10.1. The summed E-state index contributed by atoms with van der Waals surface area (Å²) in [6, 6.07) is 16.4. The summed E-state index contributed by atoms with van der Waals surface area (Å²) in [7, 11) is 1.58. The van der Waals surface area contributed by atoms with Crippen LogP contribution in [0.5, 0.6) is 5.75 Å². The summed E-state index contributed by atoms with van der Waals surface area (Å²) in [4.78, 5) is 26.8.